The number of nitrogens with zero attached hydrogens (tertiary/aromatic N) is 3. The lowest BCUT2D eigenvalue weighted by molar-refractivity contribution is -0.113. The zero-order valence-corrected chi connectivity index (χ0v) is 21.4. The van der Waals surface area contributed by atoms with Gasteiger partial charge in [0.2, 0.25) is 5.91 Å². The van der Waals surface area contributed by atoms with Crippen molar-refractivity contribution >= 4 is 33.2 Å². The molecule has 0 fully saturated rings. The molecule has 0 atom stereocenters. The van der Waals surface area contributed by atoms with Gasteiger partial charge in [0.15, 0.2) is 20.8 Å². The number of anilines is 1. The van der Waals surface area contributed by atoms with Crippen molar-refractivity contribution in [3.8, 4) is 5.69 Å². The second kappa shape index (κ2) is 10.5. The van der Waals surface area contributed by atoms with Crippen molar-refractivity contribution in [2.24, 2.45) is 0 Å². The Morgan fingerprint density at radius 3 is 2.29 bits per heavy atom. The number of aryl methyl sites for hydroxylation is 3. The lowest BCUT2D eigenvalue weighted by Crippen LogP contribution is -2.15. The zero-order valence-electron chi connectivity index (χ0n) is 19.7. The van der Waals surface area contributed by atoms with Crippen LogP contribution in [0.1, 0.15) is 22.5 Å². The maximum absolute atomic E-state index is 13.1. The van der Waals surface area contributed by atoms with Gasteiger partial charge in [-0.1, -0.05) is 65.4 Å². The molecule has 0 aliphatic carbocycles. The number of hydrogen-bond donors (Lipinski definition) is 1. The first kappa shape index (κ1) is 24.7. The van der Waals surface area contributed by atoms with E-state index in [4.69, 9.17) is 0 Å². The van der Waals surface area contributed by atoms with Crippen molar-refractivity contribution in [2.45, 2.75) is 36.6 Å². The number of sulfone groups is 1. The summed E-state index contributed by atoms with van der Waals surface area (Å²) < 4.78 is 27.9. The van der Waals surface area contributed by atoms with E-state index in [-0.39, 0.29) is 28.1 Å². The summed E-state index contributed by atoms with van der Waals surface area (Å²) in [6.07, 6.45) is 0. The summed E-state index contributed by atoms with van der Waals surface area (Å²) in [7, 11) is -3.64. The molecule has 0 spiro atoms. The highest BCUT2D eigenvalue weighted by molar-refractivity contribution is 7.99. The van der Waals surface area contributed by atoms with E-state index in [1.165, 1.54) is 11.8 Å². The van der Waals surface area contributed by atoms with Crippen molar-refractivity contribution in [1.82, 2.24) is 14.8 Å². The van der Waals surface area contributed by atoms with Gasteiger partial charge in [-0.25, -0.2) is 8.42 Å². The van der Waals surface area contributed by atoms with Crippen LogP contribution in [0.25, 0.3) is 5.69 Å². The quantitative estimate of drug-likeness (QED) is 0.342. The molecule has 0 saturated carbocycles. The fourth-order valence-electron chi connectivity index (χ4n) is 3.59. The average molecular weight is 507 g/mol. The van der Waals surface area contributed by atoms with Gasteiger partial charge in [-0.2, -0.15) is 0 Å². The van der Waals surface area contributed by atoms with Gasteiger partial charge in [0.25, 0.3) is 0 Å². The molecule has 1 N–H and O–H groups in total. The first-order valence-electron chi connectivity index (χ1n) is 11.0. The number of thioether (sulfide) groups is 1. The fourth-order valence-corrected chi connectivity index (χ4v) is 5.61. The van der Waals surface area contributed by atoms with Gasteiger partial charge in [-0.15, -0.1) is 10.2 Å². The van der Waals surface area contributed by atoms with Crippen LogP contribution in [-0.4, -0.2) is 34.8 Å². The van der Waals surface area contributed by atoms with Crippen molar-refractivity contribution in [2.75, 3.05) is 11.1 Å². The Kier molecular flexibility index (Phi) is 7.37. The van der Waals surface area contributed by atoms with Crippen LogP contribution >= 0.6 is 11.8 Å². The largest absolute Gasteiger partial charge is 0.325 e. The predicted molar refractivity (Wildman–Crippen MR) is 139 cm³/mol. The molecule has 180 valence electrons. The molecule has 1 amide bonds. The number of para-hydroxylation sites is 1. The van der Waals surface area contributed by atoms with Crippen LogP contribution in [0.3, 0.4) is 0 Å². The third kappa shape index (κ3) is 5.98. The minimum absolute atomic E-state index is 0.100. The van der Waals surface area contributed by atoms with Gasteiger partial charge < -0.3 is 5.32 Å². The predicted octanol–water partition coefficient (Wildman–Crippen LogP) is 4.90. The van der Waals surface area contributed by atoms with E-state index in [0.29, 0.717) is 5.16 Å². The van der Waals surface area contributed by atoms with E-state index in [9.17, 15) is 13.2 Å². The van der Waals surface area contributed by atoms with Gasteiger partial charge in [0, 0.05) is 11.4 Å². The van der Waals surface area contributed by atoms with Crippen LogP contribution < -0.4 is 5.32 Å². The van der Waals surface area contributed by atoms with Gasteiger partial charge in [0.05, 0.1) is 10.6 Å². The molecule has 1 heterocycles. The number of hydrogen-bond acceptors (Lipinski definition) is 6. The van der Waals surface area contributed by atoms with Crippen LogP contribution in [0.5, 0.6) is 0 Å². The zero-order chi connectivity index (χ0) is 25.0. The van der Waals surface area contributed by atoms with Gasteiger partial charge in [-0.05, 0) is 56.7 Å². The minimum atomic E-state index is -3.64. The van der Waals surface area contributed by atoms with E-state index < -0.39 is 9.84 Å². The van der Waals surface area contributed by atoms with Crippen molar-refractivity contribution in [3.05, 3.63) is 95.3 Å². The molecule has 0 unspecified atom stereocenters. The van der Waals surface area contributed by atoms with E-state index >= 15 is 0 Å². The Bertz CT molecular complexity index is 1450. The van der Waals surface area contributed by atoms with E-state index in [2.05, 4.69) is 15.5 Å². The van der Waals surface area contributed by atoms with Crippen molar-refractivity contribution < 1.29 is 13.2 Å². The Hall–Kier alpha value is -3.43. The maximum atomic E-state index is 13.1. The number of rotatable bonds is 8. The lowest BCUT2D eigenvalue weighted by Gasteiger charge is -2.11. The van der Waals surface area contributed by atoms with Crippen LogP contribution in [-0.2, 0) is 20.4 Å². The number of amides is 1. The first-order valence-corrected chi connectivity index (χ1v) is 13.7. The molecule has 1 aromatic heterocycles. The van der Waals surface area contributed by atoms with Crippen molar-refractivity contribution in [1.29, 1.82) is 0 Å². The second-order valence-corrected chi connectivity index (χ2v) is 11.2. The van der Waals surface area contributed by atoms with Crippen LogP contribution in [0.4, 0.5) is 5.69 Å². The van der Waals surface area contributed by atoms with Crippen LogP contribution in [0.15, 0.2) is 82.8 Å². The van der Waals surface area contributed by atoms with E-state index in [1.807, 2.05) is 69.3 Å². The highest BCUT2D eigenvalue weighted by Gasteiger charge is 2.23. The number of benzene rings is 3. The molecule has 35 heavy (non-hydrogen) atoms. The maximum Gasteiger partial charge on any atom is 0.234 e. The fraction of sp³-hybridized carbons (Fsp3) is 0.192. The second-order valence-electron chi connectivity index (χ2n) is 8.30. The summed E-state index contributed by atoms with van der Waals surface area (Å²) in [5.41, 5.74) is 4.58. The number of aromatic nitrogens is 3. The molecule has 7 nitrogen and oxygen atoms in total. The van der Waals surface area contributed by atoms with Crippen LogP contribution in [0.2, 0.25) is 0 Å². The monoisotopic (exact) mass is 506 g/mol. The number of carbonyl (C=O) groups is 1. The summed E-state index contributed by atoms with van der Waals surface area (Å²) in [6, 6.07) is 21.9. The topological polar surface area (TPSA) is 94.0 Å². The molecule has 0 radical (unpaired) electrons. The molecule has 9 heteroatoms. The molecule has 0 saturated heterocycles. The number of carbonyl (C=O) groups excluding carboxylic acids is 1. The van der Waals surface area contributed by atoms with E-state index in [0.717, 1.165) is 28.1 Å². The summed E-state index contributed by atoms with van der Waals surface area (Å²) in [5.74, 6) is -0.108. The highest BCUT2D eigenvalue weighted by Crippen LogP contribution is 2.25. The summed E-state index contributed by atoms with van der Waals surface area (Å²) in [5, 5.41) is 11.8. The normalized spacial score (nSPS) is 11.4. The molecular weight excluding hydrogens is 480 g/mol. The third-order valence-corrected chi connectivity index (χ3v) is 7.96. The first-order chi connectivity index (χ1) is 16.7. The molecule has 0 aliphatic rings. The van der Waals surface area contributed by atoms with Gasteiger partial charge in [0.1, 0.15) is 5.75 Å². The molecule has 4 rings (SSSR count). The molecule has 3 aromatic carbocycles. The Morgan fingerprint density at radius 1 is 0.914 bits per heavy atom. The summed E-state index contributed by atoms with van der Waals surface area (Å²) in [6.45, 7) is 5.85. The Labute approximate surface area is 209 Å². The number of nitrogens with one attached hydrogen (secondary N) is 1. The summed E-state index contributed by atoms with van der Waals surface area (Å²) >= 11 is 1.21. The molecule has 0 aliphatic heterocycles. The highest BCUT2D eigenvalue weighted by atomic mass is 32.2. The summed E-state index contributed by atoms with van der Waals surface area (Å²) in [4.78, 5) is 12.9. The standard InChI is InChI=1S/C26H26N4O3S2/c1-18-9-12-22(13-10-18)35(32,33)17-24-28-29-26(30(24)21-7-5-4-6-8-21)34-16-25(31)27-23-14-11-19(2)15-20(23)3/h4-15H,16-17H2,1-3H3,(H,27,31). The molecular formula is C26H26N4O3S2. The third-order valence-electron chi connectivity index (χ3n) is 5.40. The van der Waals surface area contributed by atoms with Gasteiger partial charge in [-0.3, -0.25) is 9.36 Å². The van der Waals surface area contributed by atoms with Gasteiger partial charge >= 0.3 is 0 Å². The lowest BCUT2D eigenvalue weighted by atomic mass is 10.1. The SMILES string of the molecule is Cc1ccc(S(=O)(=O)Cc2nnc(SCC(=O)Nc3ccc(C)cc3C)n2-c2ccccc2)cc1. The van der Waals surface area contributed by atoms with Crippen molar-refractivity contribution in [3.63, 3.8) is 0 Å². The molecule has 4 aromatic rings. The Morgan fingerprint density at radius 2 is 1.60 bits per heavy atom. The average Bonchev–Trinajstić information content (AvgIpc) is 3.22. The smallest absolute Gasteiger partial charge is 0.234 e. The van der Waals surface area contributed by atoms with E-state index in [1.54, 1.807) is 28.8 Å². The Balaban J connectivity index is 1.57. The van der Waals surface area contributed by atoms with Crippen LogP contribution in [0, 0.1) is 20.8 Å². The molecule has 0 bridgehead atoms. The minimum Gasteiger partial charge on any atom is -0.325 e.